The monoisotopic (exact) mass is 218 g/mol. The first-order valence-electron chi connectivity index (χ1n) is 4.64. The fourth-order valence-corrected chi connectivity index (χ4v) is 1.42. The average Bonchev–Trinajstić information content (AvgIpc) is 2.65. The van der Waals surface area contributed by atoms with Gasteiger partial charge in [0.1, 0.15) is 5.82 Å². The number of anilines is 1. The third-order valence-electron chi connectivity index (χ3n) is 2.26. The van der Waals surface area contributed by atoms with E-state index in [1.165, 1.54) is 10.7 Å². The van der Waals surface area contributed by atoms with Crippen LogP contribution >= 0.6 is 0 Å². The zero-order valence-electron chi connectivity index (χ0n) is 8.62. The van der Waals surface area contributed by atoms with Crippen LogP contribution in [0.25, 0.3) is 5.69 Å². The van der Waals surface area contributed by atoms with Crippen LogP contribution in [0.5, 0.6) is 0 Å². The van der Waals surface area contributed by atoms with Crippen LogP contribution < -0.4 is 5.73 Å². The number of aryl methyl sites for hydroxylation is 1. The van der Waals surface area contributed by atoms with E-state index in [-0.39, 0.29) is 5.69 Å². The lowest BCUT2D eigenvalue weighted by Crippen LogP contribution is -1.99. The first-order chi connectivity index (χ1) is 7.58. The summed E-state index contributed by atoms with van der Waals surface area (Å²) in [6.07, 6.45) is 1.66. The van der Waals surface area contributed by atoms with E-state index in [1.807, 2.05) is 0 Å². The van der Waals surface area contributed by atoms with Crippen LogP contribution in [0, 0.1) is 17.0 Å². The van der Waals surface area contributed by atoms with Gasteiger partial charge < -0.3 is 5.73 Å². The largest absolute Gasteiger partial charge is 0.382 e. The summed E-state index contributed by atoms with van der Waals surface area (Å²) in [5.41, 5.74) is 6.79. The van der Waals surface area contributed by atoms with E-state index in [1.54, 1.807) is 31.3 Å². The standard InChI is InChI=1S/C10H10N4O2/c1-7-2-3-8(6-9(7)14(15)16)13-5-4-10(11)12-13/h2-6H,1H3,(H2,11,12). The smallest absolute Gasteiger partial charge is 0.274 e. The molecule has 0 amide bonds. The predicted molar refractivity (Wildman–Crippen MR) is 59.4 cm³/mol. The van der Waals surface area contributed by atoms with Crippen LogP contribution in [-0.4, -0.2) is 14.7 Å². The van der Waals surface area contributed by atoms with Crippen molar-refractivity contribution in [3.63, 3.8) is 0 Å². The summed E-state index contributed by atoms with van der Waals surface area (Å²) in [6.45, 7) is 1.69. The highest BCUT2D eigenvalue weighted by atomic mass is 16.6. The molecule has 1 aromatic heterocycles. The summed E-state index contributed by atoms with van der Waals surface area (Å²) in [4.78, 5) is 10.4. The van der Waals surface area contributed by atoms with Gasteiger partial charge in [0.15, 0.2) is 0 Å². The Labute approximate surface area is 91.5 Å². The molecule has 0 aliphatic rings. The summed E-state index contributed by atoms with van der Waals surface area (Å²) in [5.74, 6) is 0.378. The maximum absolute atomic E-state index is 10.8. The maximum Gasteiger partial charge on any atom is 0.274 e. The molecule has 0 aliphatic heterocycles. The molecule has 0 unspecified atom stereocenters. The number of nitrogens with two attached hydrogens (primary N) is 1. The minimum atomic E-state index is -0.411. The molecule has 1 heterocycles. The molecule has 2 aromatic rings. The van der Waals surface area contributed by atoms with Crippen molar-refractivity contribution in [3.05, 3.63) is 46.1 Å². The van der Waals surface area contributed by atoms with Crippen molar-refractivity contribution >= 4 is 11.5 Å². The van der Waals surface area contributed by atoms with Crippen LogP contribution in [0.2, 0.25) is 0 Å². The summed E-state index contributed by atoms with van der Waals surface area (Å²) in [6, 6.07) is 6.55. The molecule has 6 heteroatoms. The second-order valence-electron chi connectivity index (χ2n) is 3.41. The second-order valence-corrected chi connectivity index (χ2v) is 3.41. The van der Waals surface area contributed by atoms with Crippen molar-refractivity contribution in [2.24, 2.45) is 0 Å². The number of nitrogens with zero attached hydrogens (tertiary/aromatic N) is 3. The van der Waals surface area contributed by atoms with E-state index in [0.717, 1.165) is 0 Å². The Kier molecular flexibility index (Phi) is 2.32. The third kappa shape index (κ3) is 1.72. The fraction of sp³-hybridized carbons (Fsp3) is 0.100. The summed E-state index contributed by atoms with van der Waals surface area (Å²) >= 11 is 0. The van der Waals surface area contributed by atoms with Gasteiger partial charge in [-0.2, -0.15) is 5.10 Å². The second kappa shape index (κ2) is 3.65. The van der Waals surface area contributed by atoms with E-state index in [9.17, 15) is 10.1 Å². The van der Waals surface area contributed by atoms with Gasteiger partial charge in [-0.25, -0.2) is 4.68 Å². The van der Waals surface area contributed by atoms with Crippen LogP contribution in [-0.2, 0) is 0 Å². The Morgan fingerprint density at radius 1 is 1.44 bits per heavy atom. The maximum atomic E-state index is 10.8. The molecule has 0 spiro atoms. The van der Waals surface area contributed by atoms with Gasteiger partial charge in [-0.15, -0.1) is 0 Å². The molecule has 6 nitrogen and oxygen atoms in total. The molecule has 16 heavy (non-hydrogen) atoms. The van der Waals surface area contributed by atoms with Crippen molar-refractivity contribution in [1.82, 2.24) is 9.78 Å². The SMILES string of the molecule is Cc1ccc(-n2ccc(N)n2)cc1[N+](=O)[O-]. The highest BCUT2D eigenvalue weighted by Gasteiger charge is 2.11. The molecule has 1 aromatic carbocycles. The lowest BCUT2D eigenvalue weighted by atomic mass is 10.2. The summed E-state index contributed by atoms with van der Waals surface area (Å²) in [7, 11) is 0. The highest BCUT2D eigenvalue weighted by Crippen LogP contribution is 2.21. The molecule has 2 rings (SSSR count). The Balaban J connectivity index is 2.51. The zero-order valence-corrected chi connectivity index (χ0v) is 8.62. The Bertz CT molecular complexity index is 548. The van der Waals surface area contributed by atoms with Gasteiger partial charge in [-0.3, -0.25) is 10.1 Å². The van der Waals surface area contributed by atoms with Gasteiger partial charge in [-0.05, 0) is 13.0 Å². The van der Waals surface area contributed by atoms with Gasteiger partial charge in [0, 0.05) is 23.9 Å². The quantitative estimate of drug-likeness (QED) is 0.613. The fourth-order valence-electron chi connectivity index (χ4n) is 1.42. The Morgan fingerprint density at radius 2 is 2.19 bits per heavy atom. The number of aromatic nitrogens is 2. The molecule has 0 saturated heterocycles. The van der Waals surface area contributed by atoms with Crippen LogP contribution in [0.1, 0.15) is 5.56 Å². The minimum absolute atomic E-state index is 0.0755. The normalized spacial score (nSPS) is 10.3. The number of nitro benzene ring substituents is 1. The van der Waals surface area contributed by atoms with Crippen LogP contribution in [0.4, 0.5) is 11.5 Å². The number of hydrogen-bond donors (Lipinski definition) is 1. The van der Waals surface area contributed by atoms with E-state index in [4.69, 9.17) is 5.73 Å². The molecule has 0 fully saturated rings. The number of hydrogen-bond acceptors (Lipinski definition) is 4. The third-order valence-corrected chi connectivity index (χ3v) is 2.26. The van der Waals surface area contributed by atoms with Gasteiger partial charge >= 0.3 is 0 Å². The summed E-state index contributed by atoms with van der Waals surface area (Å²) in [5, 5.41) is 14.7. The van der Waals surface area contributed by atoms with Crippen LogP contribution in [0.15, 0.2) is 30.5 Å². The molecule has 0 saturated carbocycles. The number of nitrogen functional groups attached to an aromatic ring is 1. The van der Waals surface area contributed by atoms with E-state index >= 15 is 0 Å². The topological polar surface area (TPSA) is 87.0 Å². The van der Waals surface area contributed by atoms with E-state index in [0.29, 0.717) is 17.1 Å². The number of nitro groups is 1. The van der Waals surface area contributed by atoms with Gasteiger partial charge in [0.05, 0.1) is 10.6 Å². The minimum Gasteiger partial charge on any atom is -0.382 e. The average molecular weight is 218 g/mol. The van der Waals surface area contributed by atoms with Crippen molar-refractivity contribution < 1.29 is 4.92 Å². The van der Waals surface area contributed by atoms with Crippen molar-refractivity contribution in [3.8, 4) is 5.69 Å². The van der Waals surface area contributed by atoms with Crippen molar-refractivity contribution in [2.45, 2.75) is 6.92 Å². The molecule has 0 radical (unpaired) electrons. The van der Waals surface area contributed by atoms with Gasteiger partial charge in [0.25, 0.3) is 5.69 Å². The van der Waals surface area contributed by atoms with Crippen LogP contribution in [0.3, 0.4) is 0 Å². The predicted octanol–water partition coefficient (Wildman–Crippen LogP) is 1.67. The number of benzene rings is 1. The van der Waals surface area contributed by atoms with E-state index in [2.05, 4.69) is 5.10 Å². The zero-order chi connectivity index (χ0) is 11.7. The van der Waals surface area contributed by atoms with Gasteiger partial charge in [0.2, 0.25) is 0 Å². The van der Waals surface area contributed by atoms with E-state index < -0.39 is 4.92 Å². The molecule has 0 aliphatic carbocycles. The molecule has 0 atom stereocenters. The Morgan fingerprint density at radius 3 is 2.75 bits per heavy atom. The molecule has 82 valence electrons. The molecular formula is C10H10N4O2. The Hall–Kier alpha value is -2.37. The first-order valence-corrected chi connectivity index (χ1v) is 4.64. The first kappa shape index (κ1) is 10.2. The molecular weight excluding hydrogens is 208 g/mol. The van der Waals surface area contributed by atoms with Crippen molar-refractivity contribution in [2.75, 3.05) is 5.73 Å². The summed E-state index contributed by atoms with van der Waals surface area (Å²) < 4.78 is 1.50. The molecule has 2 N–H and O–H groups in total. The lowest BCUT2D eigenvalue weighted by molar-refractivity contribution is -0.385. The lowest BCUT2D eigenvalue weighted by Gasteiger charge is -2.02. The molecule has 0 bridgehead atoms. The van der Waals surface area contributed by atoms with Gasteiger partial charge in [-0.1, -0.05) is 6.07 Å². The van der Waals surface area contributed by atoms with Crippen molar-refractivity contribution in [1.29, 1.82) is 0 Å². The number of rotatable bonds is 2. The highest BCUT2D eigenvalue weighted by molar-refractivity contribution is 5.48.